The van der Waals surface area contributed by atoms with E-state index in [1.165, 1.54) is 6.92 Å². The Labute approximate surface area is 274 Å². The first-order valence-electron chi connectivity index (χ1n) is 16.2. The number of amides is 1. The number of fused-ring (bicyclic) bond motifs is 2. The number of hydrogen-bond acceptors (Lipinski definition) is 7. The van der Waals surface area contributed by atoms with E-state index < -0.39 is 12.0 Å². The van der Waals surface area contributed by atoms with E-state index >= 15 is 0 Å². The van der Waals surface area contributed by atoms with Crippen molar-refractivity contribution in [2.45, 2.75) is 64.7 Å². The lowest BCUT2D eigenvalue weighted by molar-refractivity contribution is -0.132. The lowest BCUT2D eigenvalue weighted by Crippen LogP contribution is -2.47. The Bertz CT molecular complexity index is 1910. The second-order valence-electron chi connectivity index (χ2n) is 13.0. The number of carbonyl (C=O) groups is 3. The highest BCUT2D eigenvalue weighted by Crippen LogP contribution is 2.41. The predicted molar refractivity (Wildman–Crippen MR) is 180 cm³/mol. The summed E-state index contributed by atoms with van der Waals surface area (Å²) in [6.45, 7) is 6.08. The molecule has 1 unspecified atom stereocenters. The zero-order valence-electron chi connectivity index (χ0n) is 26.9. The largest absolute Gasteiger partial charge is 0.352 e. The van der Waals surface area contributed by atoms with Gasteiger partial charge in [-0.15, -0.1) is 0 Å². The van der Waals surface area contributed by atoms with Crippen LogP contribution in [0.1, 0.15) is 46.3 Å². The molecule has 1 N–H and O–H groups in total. The standard InChI is InChI=1S/C38H38N6O3/c1-23-14-28(29-19-39-25(3)40-20-29)17-32-35(24(2)45)42-44(36(23)32)22-34(46)37-33(18-31-21-43(31)37)38(47)41-30(15-26-10-6-4-7-11-26)16-27-12-8-5-9-13-27/h4-14,17,19-20,30-31,33,37H,15-16,18,21-22H2,1-3H3,(H,41,47)/t31-,33+,37?,43-/m1/s1. The maximum atomic E-state index is 14.1. The summed E-state index contributed by atoms with van der Waals surface area (Å²) in [6, 6.07) is 23.9. The molecule has 0 aliphatic carbocycles. The molecule has 2 fully saturated rings. The Balaban J connectivity index is 1.13. The van der Waals surface area contributed by atoms with Gasteiger partial charge in [0, 0.05) is 48.9 Å². The van der Waals surface area contributed by atoms with Crippen LogP contribution in [0.3, 0.4) is 0 Å². The lowest BCUT2D eigenvalue weighted by Gasteiger charge is -2.25. The molecule has 238 valence electrons. The number of aryl methyl sites for hydroxylation is 2. The minimum Gasteiger partial charge on any atom is -0.352 e. The molecule has 4 atom stereocenters. The summed E-state index contributed by atoms with van der Waals surface area (Å²) >= 11 is 0. The average molecular weight is 627 g/mol. The van der Waals surface area contributed by atoms with Crippen LogP contribution in [0.2, 0.25) is 0 Å². The lowest BCUT2D eigenvalue weighted by atomic mass is 9.91. The van der Waals surface area contributed by atoms with Gasteiger partial charge >= 0.3 is 0 Å². The molecule has 3 aromatic carbocycles. The van der Waals surface area contributed by atoms with E-state index in [9.17, 15) is 14.4 Å². The van der Waals surface area contributed by atoms with Gasteiger partial charge in [0.1, 0.15) is 18.1 Å². The van der Waals surface area contributed by atoms with Gasteiger partial charge in [0.25, 0.3) is 0 Å². The number of carbonyl (C=O) groups excluding carboxylic acids is 3. The highest BCUT2D eigenvalue weighted by molar-refractivity contribution is 6.07. The van der Waals surface area contributed by atoms with Crippen molar-refractivity contribution in [2.24, 2.45) is 5.92 Å². The van der Waals surface area contributed by atoms with Crippen LogP contribution in [-0.4, -0.2) is 66.8 Å². The van der Waals surface area contributed by atoms with Crippen molar-refractivity contribution in [1.82, 2.24) is 30.0 Å². The van der Waals surface area contributed by atoms with Crippen molar-refractivity contribution in [3.05, 3.63) is 113 Å². The monoisotopic (exact) mass is 626 g/mol. The van der Waals surface area contributed by atoms with Gasteiger partial charge in [0.15, 0.2) is 11.6 Å². The van der Waals surface area contributed by atoms with E-state index in [2.05, 4.69) is 49.5 Å². The third-order valence-electron chi connectivity index (χ3n) is 9.47. The molecular formula is C38H38N6O3. The van der Waals surface area contributed by atoms with Gasteiger partial charge in [-0.1, -0.05) is 60.7 Å². The van der Waals surface area contributed by atoms with E-state index in [4.69, 9.17) is 0 Å². The Hall–Kier alpha value is -5.02. The third-order valence-corrected chi connectivity index (χ3v) is 9.47. The minimum atomic E-state index is -0.529. The fourth-order valence-corrected chi connectivity index (χ4v) is 7.19. The van der Waals surface area contributed by atoms with Gasteiger partial charge in [-0.25, -0.2) is 9.97 Å². The molecule has 7 rings (SSSR count). The van der Waals surface area contributed by atoms with Crippen LogP contribution in [0.5, 0.6) is 0 Å². The van der Waals surface area contributed by atoms with E-state index in [-0.39, 0.29) is 36.1 Å². The summed E-state index contributed by atoms with van der Waals surface area (Å²) in [5, 5.41) is 8.68. The Morgan fingerprint density at radius 3 is 2.15 bits per heavy atom. The molecule has 0 bridgehead atoms. The van der Waals surface area contributed by atoms with Crippen LogP contribution in [-0.2, 0) is 29.0 Å². The number of nitrogens with one attached hydrogen (secondary N) is 1. The third kappa shape index (κ3) is 6.36. The topological polar surface area (TPSA) is 110 Å². The number of benzene rings is 3. The van der Waals surface area contributed by atoms with Gasteiger partial charge in [-0.05, 0) is 67.5 Å². The highest BCUT2D eigenvalue weighted by atomic mass is 16.2. The van der Waals surface area contributed by atoms with Crippen LogP contribution in [0.15, 0.2) is 85.2 Å². The molecule has 2 aliphatic heterocycles. The Kier molecular flexibility index (Phi) is 8.24. The smallest absolute Gasteiger partial charge is 0.225 e. The molecule has 0 spiro atoms. The molecule has 2 aliphatic rings. The van der Waals surface area contributed by atoms with Crippen LogP contribution in [0.25, 0.3) is 22.0 Å². The van der Waals surface area contributed by atoms with E-state index in [1.54, 1.807) is 17.1 Å². The van der Waals surface area contributed by atoms with Crippen molar-refractivity contribution >= 4 is 28.4 Å². The second-order valence-corrected chi connectivity index (χ2v) is 13.0. The summed E-state index contributed by atoms with van der Waals surface area (Å²) in [5.41, 5.74) is 5.97. The number of piperidine rings is 1. The second kappa shape index (κ2) is 12.6. The quantitative estimate of drug-likeness (QED) is 0.164. The molecule has 0 radical (unpaired) electrons. The number of ketones is 2. The van der Waals surface area contributed by atoms with E-state index in [0.29, 0.717) is 36.2 Å². The summed E-state index contributed by atoms with van der Waals surface area (Å²) in [6.07, 6.45) is 5.58. The fraction of sp³-hybridized carbons (Fsp3) is 0.316. The average Bonchev–Trinajstić information content (AvgIpc) is 3.55. The van der Waals surface area contributed by atoms with Gasteiger partial charge in [0.05, 0.1) is 17.5 Å². The first kappa shape index (κ1) is 30.6. The summed E-state index contributed by atoms with van der Waals surface area (Å²) < 4.78 is 1.65. The molecule has 9 heteroatoms. The predicted octanol–water partition coefficient (Wildman–Crippen LogP) is 4.92. The molecule has 2 saturated heterocycles. The van der Waals surface area contributed by atoms with E-state index in [0.717, 1.165) is 39.9 Å². The van der Waals surface area contributed by atoms with Crippen molar-refractivity contribution in [1.29, 1.82) is 0 Å². The van der Waals surface area contributed by atoms with Gasteiger partial charge in [-0.2, -0.15) is 5.10 Å². The summed E-state index contributed by atoms with van der Waals surface area (Å²) in [7, 11) is 0. The SMILES string of the molecule is CC(=O)c1nn(CC(=O)C2[C@@H](C(=O)NC(Cc3ccccc3)Cc3ccccc3)C[C@@H]3C[N@@]23)c2c(C)cc(-c3cnc(C)nc3)cc12. The summed E-state index contributed by atoms with van der Waals surface area (Å²) in [5.74, 6) is -0.0904. The fourth-order valence-electron chi connectivity index (χ4n) is 7.19. The van der Waals surface area contributed by atoms with Crippen molar-refractivity contribution in [2.75, 3.05) is 6.54 Å². The zero-order chi connectivity index (χ0) is 32.7. The van der Waals surface area contributed by atoms with E-state index in [1.807, 2.05) is 62.4 Å². The van der Waals surface area contributed by atoms with Crippen LogP contribution in [0.4, 0.5) is 0 Å². The maximum absolute atomic E-state index is 14.1. The minimum absolute atomic E-state index is 0.0211. The van der Waals surface area contributed by atoms with Gasteiger partial charge in [0.2, 0.25) is 5.91 Å². The number of Topliss-reactive ketones (excluding diaryl/α,β-unsaturated/α-hetero) is 2. The number of rotatable bonds is 11. The first-order valence-corrected chi connectivity index (χ1v) is 16.2. The van der Waals surface area contributed by atoms with Crippen molar-refractivity contribution in [3.8, 4) is 11.1 Å². The first-order chi connectivity index (χ1) is 22.7. The normalized spacial score (nSPS) is 19.9. The van der Waals surface area contributed by atoms with Crippen LogP contribution in [0, 0.1) is 19.8 Å². The van der Waals surface area contributed by atoms with Crippen LogP contribution < -0.4 is 5.32 Å². The van der Waals surface area contributed by atoms with Crippen molar-refractivity contribution < 1.29 is 14.4 Å². The molecule has 1 amide bonds. The molecule has 47 heavy (non-hydrogen) atoms. The Morgan fingerprint density at radius 2 is 1.53 bits per heavy atom. The number of nitrogens with zero attached hydrogens (tertiary/aromatic N) is 5. The molecule has 5 aromatic rings. The molecular weight excluding hydrogens is 588 g/mol. The van der Waals surface area contributed by atoms with Gasteiger partial charge in [-0.3, -0.25) is 24.0 Å². The maximum Gasteiger partial charge on any atom is 0.225 e. The zero-order valence-corrected chi connectivity index (χ0v) is 26.9. The molecule has 9 nitrogen and oxygen atoms in total. The molecule has 0 saturated carbocycles. The highest BCUT2D eigenvalue weighted by Gasteiger charge is 2.56. The summed E-state index contributed by atoms with van der Waals surface area (Å²) in [4.78, 5) is 51.6. The number of aromatic nitrogens is 4. The Morgan fingerprint density at radius 1 is 0.894 bits per heavy atom. The van der Waals surface area contributed by atoms with Gasteiger partial charge < -0.3 is 5.32 Å². The van der Waals surface area contributed by atoms with Crippen LogP contribution >= 0.6 is 0 Å². The number of hydrogen-bond donors (Lipinski definition) is 1. The van der Waals surface area contributed by atoms with Crippen molar-refractivity contribution in [3.63, 3.8) is 0 Å². The molecule has 2 aromatic heterocycles. The molecule has 4 heterocycles.